The topological polar surface area (TPSA) is 57.6 Å². The highest BCUT2D eigenvalue weighted by molar-refractivity contribution is 5.95. The summed E-state index contributed by atoms with van der Waals surface area (Å²) >= 11 is 0. The summed E-state index contributed by atoms with van der Waals surface area (Å²) in [4.78, 5) is 28.8. The third-order valence-corrected chi connectivity index (χ3v) is 4.82. The molecule has 3 rings (SSSR count). The number of aryl methyl sites for hydroxylation is 1. The lowest BCUT2D eigenvalue weighted by Gasteiger charge is -2.34. The smallest absolute Gasteiger partial charge is 0.254 e. The lowest BCUT2D eigenvalue weighted by molar-refractivity contribution is -0.123. The molecular weight excluding hydrogens is 340 g/mol. The van der Waals surface area contributed by atoms with Gasteiger partial charge >= 0.3 is 0 Å². The summed E-state index contributed by atoms with van der Waals surface area (Å²) in [6.45, 7) is 9.06. The highest BCUT2D eigenvalue weighted by Gasteiger charge is 2.23. The zero-order chi connectivity index (χ0) is 19.4. The molecule has 0 saturated carbocycles. The summed E-state index contributed by atoms with van der Waals surface area (Å²) in [6, 6.07) is 9.95. The van der Waals surface area contributed by atoms with E-state index in [0.717, 1.165) is 11.3 Å². The molecule has 0 spiro atoms. The number of nitrogens with zero attached hydrogens (tertiary/aromatic N) is 3. The van der Waals surface area contributed by atoms with E-state index in [2.05, 4.69) is 10.2 Å². The minimum atomic E-state index is 0.0414. The van der Waals surface area contributed by atoms with Crippen LogP contribution in [0.15, 0.2) is 42.7 Å². The second-order valence-electron chi connectivity index (χ2n) is 7.38. The molecule has 1 fully saturated rings. The lowest BCUT2D eigenvalue weighted by atomic mass is 10.1. The van der Waals surface area contributed by atoms with Gasteiger partial charge in [0.2, 0.25) is 5.91 Å². The maximum atomic E-state index is 12.9. The monoisotopic (exact) mass is 368 g/mol. The zero-order valence-electron chi connectivity index (χ0n) is 16.3. The standard InChI is InChI=1S/C21H28N4O2/c1-16(2)22-20(26)15-23-10-12-25(13-11-23)21(27)18-7-6-17(3)19(14-18)24-8-4-5-9-24/h4-9,14,16H,10-13,15H2,1-3H3,(H,22,26). The molecule has 1 N–H and O–H groups in total. The highest BCUT2D eigenvalue weighted by atomic mass is 16.2. The number of rotatable bonds is 5. The van der Waals surface area contributed by atoms with Crippen LogP contribution in [0.3, 0.4) is 0 Å². The Morgan fingerprint density at radius 2 is 1.74 bits per heavy atom. The first kappa shape index (κ1) is 19.2. The van der Waals surface area contributed by atoms with Crippen LogP contribution in [0.1, 0.15) is 29.8 Å². The van der Waals surface area contributed by atoms with E-state index in [1.807, 2.05) is 73.0 Å². The number of benzene rings is 1. The predicted molar refractivity (Wildman–Crippen MR) is 106 cm³/mol. The molecule has 1 saturated heterocycles. The fourth-order valence-corrected chi connectivity index (χ4v) is 3.38. The largest absolute Gasteiger partial charge is 0.353 e. The Balaban J connectivity index is 1.61. The Kier molecular flexibility index (Phi) is 5.96. The van der Waals surface area contributed by atoms with Crippen LogP contribution in [0, 0.1) is 6.92 Å². The number of piperazine rings is 1. The fourth-order valence-electron chi connectivity index (χ4n) is 3.38. The third-order valence-electron chi connectivity index (χ3n) is 4.82. The first-order valence-electron chi connectivity index (χ1n) is 9.49. The van der Waals surface area contributed by atoms with Crippen LogP contribution in [-0.2, 0) is 4.79 Å². The maximum absolute atomic E-state index is 12.9. The van der Waals surface area contributed by atoms with E-state index in [1.54, 1.807) is 0 Å². The minimum Gasteiger partial charge on any atom is -0.353 e. The van der Waals surface area contributed by atoms with Gasteiger partial charge in [0.1, 0.15) is 0 Å². The van der Waals surface area contributed by atoms with Gasteiger partial charge in [0.15, 0.2) is 0 Å². The predicted octanol–water partition coefficient (Wildman–Crippen LogP) is 2.07. The minimum absolute atomic E-state index is 0.0414. The van der Waals surface area contributed by atoms with E-state index in [1.165, 1.54) is 0 Å². The number of carbonyl (C=O) groups is 2. The second-order valence-corrected chi connectivity index (χ2v) is 7.38. The molecule has 6 nitrogen and oxygen atoms in total. The van der Waals surface area contributed by atoms with Crippen LogP contribution in [-0.4, -0.2) is 64.9 Å². The van der Waals surface area contributed by atoms with Gasteiger partial charge in [-0.15, -0.1) is 0 Å². The maximum Gasteiger partial charge on any atom is 0.254 e. The third kappa shape index (κ3) is 4.77. The van der Waals surface area contributed by atoms with Gasteiger partial charge in [-0.05, 0) is 50.6 Å². The van der Waals surface area contributed by atoms with Gasteiger partial charge in [-0.1, -0.05) is 6.07 Å². The number of hydrogen-bond acceptors (Lipinski definition) is 3. The van der Waals surface area contributed by atoms with Gasteiger partial charge in [-0.3, -0.25) is 14.5 Å². The normalized spacial score (nSPS) is 15.2. The average molecular weight is 368 g/mol. The second kappa shape index (κ2) is 8.39. The molecule has 2 heterocycles. The zero-order valence-corrected chi connectivity index (χ0v) is 16.3. The van der Waals surface area contributed by atoms with E-state index in [4.69, 9.17) is 0 Å². The molecule has 6 heteroatoms. The van der Waals surface area contributed by atoms with Crippen LogP contribution in [0.25, 0.3) is 5.69 Å². The van der Waals surface area contributed by atoms with Crippen molar-refractivity contribution >= 4 is 11.8 Å². The van der Waals surface area contributed by atoms with Crippen molar-refractivity contribution in [2.75, 3.05) is 32.7 Å². The molecule has 0 radical (unpaired) electrons. The lowest BCUT2D eigenvalue weighted by Crippen LogP contribution is -2.51. The van der Waals surface area contributed by atoms with Crippen molar-refractivity contribution in [1.29, 1.82) is 0 Å². The first-order valence-corrected chi connectivity index (χ1v) is 9.49. The highest BCUT2D eigenvalue weighted by Crippen LogP contribution is 2.18. The van der Waals surface area contributed by atoms with E-state index in [0.29, 0.717) is 38.3 Å². The van der Waals surface area contributed by atoms with Crippen LogP contribution in [0.4, 0.5) is 0 Å². The van der Waals surface area contributed by atoms with Crippen molar-refractivity contribution < 1.29 is 9.59 Å². The van der Waals surface area contributed by atoms with Crippen molar-refractivity contribution in [3.8, 4) is 5.69 Å². The van der Waals surface area contributed by atoms with Gasteiger partial charge < -0.3 is 14.8 Å². The summed E-state index contributed by atoms with van der Waals surface area (Å²) in [5.74, 6) is 0.0920. The van der Waals surface area contributed by atoms with E-state index >= 15 is 0 Å². The summed E-state index contributed by atoms with van der Waals surface area (Å²) in [5.41, 5.74) is 2.86. The van der Waals surface area contributed by atoms with Crippen molar-refractivity contribution in [1.82, 2.24) is 19.7 Å². The van der Waals surface area contributed by atoms with Gasteiger partial charge in [-0.2, -0.15) is 0 Å². The molecule has 0 aliphatic carbocycles. The number of carbonyl (C=O) groups excluding carboxylic acids is 2. The van der Waals surface area contributed by atoms with Crippen molar-refractivity contribution in [3.05, 3.63) is 53.9 Å². The molecule has 0 bridgehead atoms. The van der Waals surface area contributed by atoms with Crippen molar-refractivity contribution in [3.63, 3.8) is 0 Å². The molecule has 0 atom stereocenters. The molecule has 144 valence electrons. The molecule has 1 aromatic carbocycles. The number of hydrogen-bond donors (Lipinski definition) is 1. The average Bonchev–Trinajstić information content (AvgIpc) is 3.16. The molecule has 0 unspecified atom stereocenters. The fraction of sp³-hybridized carbons (Fsp3) is 0.429. The molecular formula is C21H28N4O2. The summed E-state index contributed by atoms with van der Waals surface area (Å²) in [5, 5.41) is 2.91. The van der Waals surface area contributed by atoms with Crippen LogP contribution >= 0.6 is 0 Å². The van der Waals surface area contributed by atoms with Gasteiger partial charge in [0.25, 0.3) is 5.91 Å². The molecule has 27 heavy (non-hydrogen) atoms. The summed E-state index contributed by atoms with van der Waals surface area (Å²) in [6.07, 6.45) is 3.97. The van der Waals surface area contributed by atoms with E-state index < -0.39 is 0 Å². The van der Waals surface area contributed by atoms with Gasteiger partial charge in [0, 0.05) is 55.9 Å². The Hall–Kier alpha value is -2.60. The quantitative estimate of drug-likeness (QED) is 0.879. The van der Waals surface area contributed by atoms with Gasteiger partial charge in [-0.25, -0.2) is 0 Å². The van der Waals surface area contributed by atoms with Crippen LogP contribution < -0.4 is 5.32 Å². The number of aromatic nitrogens is 1. The Morgan fingerprint density at radius 1 is 1.07 bits per heavy atom. The van der Waals surface area contributed by atoms with Crippen LogP contribution in [0.5, 0.6) is 0 Å². The molecule has 2 amide bonds. The summed E-state index contributed by atoms with van der Waals surface area (Å²) < 4.78 is 2.03. The SMILES string of the molecule is Cc1ccc(C(=O)N2CCN(CC(=O)NC(C)C)CC2)cc1-n1cccc1. The summed E-state index contributed by atoms with van der Waals surface area (Å²) in [7, 11) is 0. The van der Waals surface area contributed by atoms with Gasteiger partial charge in [0.05, 0.1) is 6.54 Å². The first-order chi connectivity index (χ1) is 12.9. The van der Waals surface area contributed by atoms with Crippen LogP contribution in [0.2, 0.25) is 0 Å². The van der Waals surface area contributed by atoms with E-state index in [9.17, 15) is 9.59 Å². The Bertz CT molecular complexity index is 791. The Morgan fingerprint density at radius 3 is 2.37 bits per heavy atom. The molecule has 1 aliphatic heterocycles. The number of amides is 2. The molecule has 1 aliphatic rings. The molecule has 1 aromatic heterocycles. The molecule has 2 aromatic rings. The number of nitrogens with one attached hydrogen (secondary N) is 1. The van der Waals surface area contributed by atoms with E-state index in [-0.39, 0.29) is 17.9 Å². The Labute approximate surface area is 160 Å². The van der Waals surface area contributed by atoms with Crippen molar-refractivity contribution in [2.24, 2.45) is 0 Å². The van der Waals surface area contributed by atoms with Crippen molar-refractivity contribution in [2.45, 2.75) is 26.8 Å².